The quantitative estimate of drug-likeness (QED) is 0.458. The normalized spacial score (nSPS) is 14.7. The lowest BCUT2D eigenvalue weighted by molar-refractivity contribution is 0.213. The highest BCUT2D eigenvalue weighted by molar-refractivity contribution is 7.67. The van der Waals surface area contributed by atoms with Crippen LogP contribution in [0.1, 0.15) is 31.2 Å². The van der Waals surface area contributed by atoms with Crippen molar-refractivity contribution in [2.45, 2.75) is 25.6 Å². The van der Waals surface area contributed by atoms with Crippen LogP contribution in [0.3, 0.4) is 0 Å². The van der Waals surface area contributed by atoms with Crippen molar-refractivity contribution in [3.05, 3.63) is 58.1 Å². The zero-order valence-electron chi connectivity index (χ0n) is 15.2. The second kappa shape index (κ2) is 9.25. The van der Waals surface area contributed by atoms with Crippen LogP contribution in [-0.2, 0) is 9.09 Å². The predicted molar refractivity (Wildman–Crippen MR) is 110 cm³/mol. The van der Waals surface area contributed by atoms with E-state index in [0.717, 1.165) is 18.5 Å². The van der Waals surface area contributed by atoms with Crippen LogP contribution in [0, 0.1) is 0 Å². The number of aliphatic hydroxyl groups is 1. The molecule has 0 aromatic heterocycles. The van der Waals surface area contributed by atoms with Gasteiger partial charge in [0.25, 0.3) is 7.37 Å². The number of unbranched alkanes of at least 4 members (excludes halogenated alkanes) is 1. The zero-order chi connectivity index (χ0) is 19.3. The van der Waals surface area contributed by atoms with Gasteiger partial charge in [-0.2, -0.15) is 0 Å². The number of rotatable bonds is 8. The maximum atomic E-state index is 13.8. The summed E-state index contributed by atoms with van der Waals surface area (Å²) in [6, 6.07) is 12.0. The average Bonchev–Trinajstić information content (AvgIpc) is 2.61. The molecule has 0 saturated carbocycles. The van der Waals surface area contributed by atoms with Gasteiger partial charge in [-0.25, -0.2) is 0 Å². The summed E-state index contributed by atoms with van der Waals surface area (Å²) in [5, 5.41) is 11.9. The van der Waals surface area contributed by atoms with E-state index in [4.69, 9.17) is 27.7 Å². The Morgan fingerprint density at radius 3 is 2.19 bits per heavy atom. The maximum absolute atomic E-state index is 13.8. The van der Waals surface area contributed by atoms with Crippen LogP contribution < -0.4 is 10.2 Å². The Labute approximate surface area is 165 Å². The first kappa shape index (κ1) is 21.3. The summed E-state index contributed by atoms with van der Waals surface area (Å²) < 4.78 is 19.5. The molecule has 7 heteroatoms. The van der Waals surface area contributed by atoms with Crippen LogP contribution >= 0.6 is 30.6 Å². The molecule has 0 aliphatic rings. The Morgan fingerprint density at radius 2 is 1.69 bits per heavy atom. The minimum absolute atomic E-state index is 0.229. The first-order chi connectivity index (χ1) is 12.3. The fraction of sp³-hybridized carbons (Fsp3) is 0.368. The monoisotopic (exact) mass is 415 g/mol. The third kappa shape index (κ3) is 4.62. The number of hydrogen-bond donors (Lipinski definition) is 1. The Hall–Kier alpha value is -1.03. The molecule has 2 aromatic carbocycles. The molecule has 26 heavy (non-hydrogen) atoms. The number of halogens is 2. The van der Waals surface area contributed by atoms with Gasteiger partial charge in [0.05, 0.1) is 6.61 Å². The van der Waals surface area contributed by atoms with Crippen molar-refractivity contribution in [3.63, 3.8) is 0 Å². The second-order valence-corrected chi connectivity index (χ2v) is 9.48. The molecule has 0 amide bonds. The van der Waals surface area contributed by atoms with Gasteiger partial charge in [0.15, 0.2) is 5.85 Å². The third-order valence-electron chi connectivity index (χ3n) is 4.09. The van der Waals surface area contributed by atoms with Crippen LogP contribution in [0.4, 0.5) is 5.69 Å². The molecule has 142 valence electrons. The van der Waals surface area contributed by atoms with Crippen molar-refractivity contribution in [1.29, 1.82) is 0 Å². The minimum Gasteiger partial charge on any atom is -0.378 e. The molecule has 0 spiro atoms. The largest absolute Gasteiger partial charge is 0.378 e. The molecule has 0 aliphatic carbocycles. The van der Waals surface area contributed by atoms with Crippen LogP contribution in [0.15, 0.2) is 42.5 Å². The molecule has 0 saturated heterocycles. The van der Waals surface area contributed by atoms with Crippen LogP contribution in [0.2, 0.25) is 10.0 Å². The standard InChI is InChI=1S/C19H24Cl2NO3P/c1-4-5-13-25-26(24,15-11-9-14(10-12-15)22(2)3)19(23)18-16(20)7-6-8-17(18)21/h6-12,19,23H,4-5,13H2,1-3H3/t19-,26-/m0/s1. The fourth-order valence-electron chi connectivity index (χ4n) is 2.52. The van der Waals surface area contributed by atoms with E-state index < -0.39 is 13.2 Å². The molecule has 0 unspecified atom stereocenters. The molecule has 2 rings (SSSR count). The van der Waals surface area contributed by atoms with Crippen molar-refractivity contribution in [2.75, 3.05) is 25.6 Å². The van der Waals surface area contributed by atoms with Crippen LogP contribution in [-0.4, -0.2) is 25.8 Å². The molecule has 2 aromatic rings. The fourth-order valence-corrected chi connectivity index (χ4v) is 5.43. The van der Waals surface area contributed by atoms with Gasteiger partial charge >= 0.3 is 0 Å². The van der Waals surface area contributed by atoms with E-state index >= 15 is 0 Å². The number of nitrogens with zero attached hydrogens (tertiary/aromatic N) is 1. The van der Waals surface area contributed by atoms with Crippen LogP contribution in [0.5, 0.6) is 0 Å². The summed E-state index contributed by atoms with van der Waals surface area (Å²) in [6.07, 6.45) is 1.63. The van der Waals surface area contributed by atoms with E-state index in [9.17, 15) is 9.67 Å². The van der Waals surface area contributed by atoms with Gasteiger partial charge in [-0.1, -0.05) is 42.6 Å². The number of aliphatic hydroxyl groups excluding tert-OH is 1. The first-order valence-electron chi connectivity index (χ1n) is 8.45. The molecule has 1 N–H and O–H groups in total. The van der Waals surface area contributed by atoms with E-state index in [0.29, 0.717) is 5.30 Å². The highest BCUT2D eigenvalue weighted by Gasteiger charge is 2.38. The SMILES string of the molecule is CCCCO[P@@](=O)(c1ccc(N(C)C)cc1)[C@H](O)c1c(Cl)cccc1Cl. The molecule has 4 nitrogen and oxygen atoms in total. The molecular weight excluding hydrogens is 392 g/mol. The smallest absolute Gasteiger partial charge is 0.264 e. The summed E-state index contributed by atoms with van der Waals surface area (Å²) in [6.45, 7) is 2.30. The molecule has 0 radical (unpaired) electrons. The number of anilines is 1. The first-order valence-corrected chi connectivity index (χ1v) is 10.9. The van der Waals surface area contributed by atoms with Crippen molar-refractivity contribution in [2.24, 2.45) is 0 Å². The molecule has 2 atom stereocenters. The lowest BCUT2D eigenvalue weighted by Gasteiger charge is -2.26. The average molecular weight is 416 g/mol. The zero-order valence-corrected chi connectivity index (χ0v) is 17.6. The molecule has 0 fully saturated rings. The van der Waals surface area contributed by atoms with E-state index in [-0.39, 0.29) is 22.2 Å². The van der Waals surface area contributed by atoms with Crippen molar-refractivity contribution in [1.82, 2.24) is 0 Å². The highest BCUT2D eigenvalue weighted by Crippen LogP contribution is 2.59. The number of benzene rings is 2. The summed E-state index contributed by atoms with van der Waals surface area (Å²) >= 11 is 12.4. The molecule has 0 heterocycles. The van der Waals surface area contributed by atoms with Gasteiger partial charge in [-0.15, -0.1) is 0 Å². The third-order valence-corrected chi connectivity index (χ3v) is 7.23. The Bertz CT molecular complexity index is 761. The van der Waals surface area contributed by atoms with Gasteiger partial charge in [-0.3, -0.25) is 4.57 Å². The summed E-state index contributed by atoms with van der Waals surface area (Å²) in [5.41, 5.74) is 1.19. The number of hydrogen-bond acceptors (Lipinski definition) is 4. The highest BCUT2D eigenvalue weighted by atomic mass is 35.5. The van der Waals surface area contributed by atoms with Crippen molar-refractivity contribution < 1.29 is 14.2 Å². The summed E-state index contributed by atoms with van der Waals surface area (Å²) in [7, 11) is 0.192. The Kier molecular flexibility index (Phi) is 7.57. The second-order valence-electron chi connectivity index (χ2n) is 6.20. The Morgan fingerprint density at radius 1 is 1.12 bits per heavy atom. The van der Waals surface area contributed by atoms with E-state index in [1.807, 2.05) is 38.1 Å². The molecule has 0 bridgehead atoms. The van der Waals surface area contributed by atoms with E-state index in [1.54, 1.807) is 30.3 Å². The van der Waals surface area contributed by atoms with E-state index in [2.05, 4.69) is 0 Å². The molecule has 0 aliphatic heterocycles. The molecular formula is C19H24Cl2NO3P. The van der Waals surface area contributed by atoms with Gasteiger partial charge in [-0.05, 0) is 42.8 Å². The van der Waals surface area contributed by atoms with Gasteiger partial charge < -0.3 is 14.5 Å². The summed E-state index contributed by atoms with van der Waals surface area (Å²) in [4.78, 5) is 1.94. The van der Waals surface area contributed by atoms with Gasteiger partial charge in [0, 0.05) is 40.7 Å². The lowest BCUT2D eigenvalue weighted by Crippen LogP contribution is -2.17. The van der Waals surface area contributed by atoms with Crippen molar-refractivity contribution >= 4 is 41.6 Å². The minimum atomic E-state index is -3.65. The van der Waals surface area contributed by atoms with Gasteiger partial charge in [0.2, 0.25) is 0 Å². The van der Waals surface area contributed by atoms with Crippen LogP contribution in [0.25, 0.3) is 0 Å². The van der Waals surface area contributed by atoms with Gasteiger partial charge in [0.1, 0.15) is 0 Å². The van der Waals surface area contributed by atoms with E-state index in [1.165, 1.54) is 0 Å². The maximum Gasteiger partial charge on any atom is 0.264 e. The Balaban J connectivity index is 2.48. The summed E-state index contributed by atoms with van der Waals surface area (Å²) in [5.74, 6) is -1.44. The predicted octanol–water partition coefficient (Wildman–Crippen LogP) is 5.47. The van der Waals surface area contributed by atoms with Crippen molar-refractivity contribution in [3.8, 4) is 0 Å². The lowest BCUT2D eigenvalue weighted by atomic mass is 10.2. The topological polar surface area (TPSA) is 49.8 Å².